The molecule has 0 radical (unpaired) electrons. The minimum atomic E-state index is -0.899. The molecular weight excluding hydrogens is 237 g/mol. The Labute approximate surface area is 95.9 Å². The number of rotatable bonds is 2. The highest BCUT2D eigenvalue weighted by atomic mass is 35.5. The number of aromatic nitrogens is 2. The highest BCUT2D eigenvalue weighted by Gasteiger charge is 2.46. The molecular formula is C9H9ClFN3O2. The first kappa shape index (κ1) is 11.1. The van der Waals surface area contributed by atoms with Crippen molar-refractivity contribution in [3.63, 3.8) is 0 Å². The molecule has 1 aromatic rings. The van der Waals surface area contributed by atoms with Crippen molar-refractivity contribution < 1.29 is 14.3 Å². The second-order valence-corrected chi connectivity index (χ2v) is 4.37. The molecule has 86 valence electrons. The Morgan fingerprint density at radius 3 is 2.88 bits per heavy atom. The Morgan fingerprint density at radius 1 is 1.69 bits per heavy atom. The summed E-state index contributed by atoms with van der Waals surface area (Å²) in [7, 11) is 0. The Morgan fingerprint density at radius 2 is 2.31 bits per heavy atom. The van der Waals surface area contributed by atoms with Crippen LogP contribution in [0, 0.1) is 11.2 Å². The molecule has 1 fully saturated rings. The molecule has 7 heteroatoms. The summed E-state index contributed by atoms with van der Waals surface area (Å²) in [4.78, 5) is 19.6. The van der Waals surface area contributed by atoms with Gasteiger partial charge in [-0.25, -0.2) is 9.37 Å². The molecule has 0 saturated carbocycles. The van der Waals surface area contributed by atoms with Crippen LogP contribution in [0.15, 0.2) is 6.20 Å². The standard InChI is InChI=1S/C9H9ClFN3O2/c1-9(7(15)16)3-14(4-9)6-5(11)2-12-8(10)13-6/h2H,3-4H2,1H3,(H,15,16). The van der Waals surface area contributed by atoms with Crippen molar-refractivity contribution in [1.82, 2.24) is 9.97 Å². The van der Waals surface area contributed by atoms with Crippen LogP contribution >= 0.6 is 11.6 Å². The molecule has 1 aliphatic rings. The average Bonchev–Trinajstić information content (AvgIpc) is 2.17. The van der Waals surface area contributed by atoms with Crippen LogP contribution in [0.2, 0.25) is 5.28 Å². The SMILES string of the molecule is CC1(C(=O)O)CN(c2nc(Cl)ncc2F)C1. The topological polar surface area (TPSA) is 66.3 Å². The van der Waals surface area contributed by atoms with E-state index in [0.717, 1.165) is 6.20 Å². The van der Waals surface area contributed by atoms with Gasteiger partial charge in [0, 0.05) is 13.1 Å². The zero-order valence-electron chi connectivity index (χ0n) is 8.44. The molecule has 5 nitrogen and oxygen atoms in total. The van der Waals surface area contributed by atoms with Gasteiger partial charge in [-0.1, -0.05) is 0 Å². The zero-order chi connectivity index (χ0) is 11.9. The summed E-state index contributed by atoms with van der Waals surface area (Å²) in [6.07, 6.45) is 0.973. The van der Waals surface area contributed by atoms with Gasteiger partial charge in [0.15, 0.2) is 11.6 Å². The van der Waals surface area contributed by atoms with Gasteiger partial charge in [-0.2, -0.15) is 4.98 Å². The lowest BCUT2D eigenvalue weighted by Crippen LogP contribution is -2.59. The van der Waals surface area contributed by atoms with E-state index in [4.69, 9.17) is 16.7 Å². The number of nitrogens with zero attached hydrogens (tertiary/aromatic N) is 3. The Hall–Kier alpha value is -1.43. The van der Waals surface area contributed by atoms with E-state index in [-0.39, 0.29) is 24.2 Å². The van der Waals surface area contributed by atoms with E-state index >= 15 is 0 Å². The summed E-state index contributed by atoms with van der Waals surface area (Å²) in [6.45, 7) is 2.03. The summed E-state index contributed by atoms with van der Waals surface area (Å²) in [5.41, 5.74) is -0.843. The van der Waals surface area contributed by atoms with Crippen LogP contribution in [-0.2, 0) is 4.79 Å². The fourth-order valence-electron chi connectivity index (χ4n) is 1.64. The number of carboxylic acid groups (broad SMARTS) is 1. The normalized spacial score (nSPS) is 18.1. The van der Waals surface area contributed by atoms with Crippen LogP contribution in [0.5, 0.6) is 0 Å². The van der Waals surface area contributed by atoms with Crippen molar-refractivity contribution in [1.29, 1.82) is 0 Å². The summed E-state index contributed by atoms with van der Waals surface area (Å²) in [5, 5.41) is 8.85. The maximum Gasteiger partial charge on any atom is 0.312 e. The number of anilines is 1. The van der Waals surface area contributed by atoms with Crippen molar-refractivity contribution in [2.75, 3.05) is 18.0 Å². The largest absolute Gasteiger partial charge is 0.481 e. The monoisotopic (exact) mass is 245 g/mol. The minimum Gasteiger partial charge on any atom is -0.481 e. The maximum atomic E-state index is 13.3. The van der Waals surface area contributed by atoms with Crippen LogP contribution in [0.4, 0.5) is 10.2 Å². The Kier molecular flexibility index (Phi) is 2.46. The van der Waals surface area contributed by atoms with Gasteiger partial charge in [-0.05, 0) is 18.5 Å². The van der Waals surface area contributed by atoms with Crippen molar-refractivity contribution in [2.24, 2.45) is 5.41 Å². The molecule has 1 aromatic heterocycles. The van der Waals surface area contributed by atoms with Crippen LogP contribution in [0.1, 0.15) is 6.92 Å². The quantitative estimate of drug-likeness (QED) is 0.793. The van der Waals surface area contributed by atoms with Crippen LogP contribution in [-0.4, -0.2) is 34.1 Å². The summed E-state index contributed by atoms with van der Waals surface area (Å²) in [5.74, 6) is -1.44. The molecule has 1 aliphatic heterocycles. The number of halogens is 2. The number of carbonyl (C=O) groups is 1. The average molecular weight is 246 g/mol. The molecule has 0 amide bonds. The molecule has 0 aromatic carbocycles. The first-order valence-electron chi connectivity index (χ1n) is 4.59. The zero-order valence-corrected chi connectivity index (χ0v) is 9.20. The third kappa shape index (κ3) is 1.69. The molecule has 0 aliphatic carbocycles. The molecule has 0 unspecified atom stereocenters. The second kappa shape index (κ2) is 3.55. The second-order valence-electron chi connectivity index (χ2n) is 4.03. The van der Waals surface area contributed by atoms with Gasteiger partial charge in [-0.3, -0.25) is 4.79 Å². The highest BCUT2D eigenvalue weighted by Crippen LogP contribution is 2.34. The van der Waals surface area contributed by atoms with Crippen LogP contribution in [0.25, 0.3) is 0 Å². The van der Waals surface area contributed by atoms with E-state index in [1.165, 1.54) is 4.90 Å². The Balaban J connectivity index is 2.18. The smallest absolute Gasteiger partial charge is 0.312 e. The summed E-state index contributed by atoms with van der Waals surface area (Å²) >= 11 is 5.54. The summed E-state index contributed by atoms with van der Waals surface area (Å²) in [6, 6.07) is 0. The number of hydrogen-bond acceptors (Lipinski definition) is 4. The summed E-state index contributed by atoms with van der Waals surface area (Å²) < 4.78 is 13.3. The van der Waals surface area contributed by atoms with E-state index in [1.807, 2.05) is 0 Å². The first-order valence-corrected chi connectivity index (χ1v) is 4.96. The lowest BCUT2D eigenvalue weighted by atomic mass is 9.82. The van der Waals surface area contributed by atoms with E-state index in [2.05, 4.69) is 9.97 Å². The lowest BCUT2D eigenvalue weighted by molar-refractivity contribution is -0.149. The van der Waals surface area contributed by atoms with E-state index in [9.17, 15) is 9.18 Å². The number of hydrogen-bond donors (Lipinski definition) is 1. The predicted molar refractivity (Wildman–Crippen MR) is 55.0 cm³/mol. The molecule has 2 heterocycles. The van der Waals surface area contributed by atoms with Gasteiger partial charge in [0.2, 0.25) is 5.28 Å². The van der Waals surface area contributed by atoms with E-state index in [0.29, 0.717) is 0 Å². The van der Waals surface area contributed by atoms with Crippen molar-refractivity contribution in [3.05, 3.63) is 17.3 Å². The van der Waals surface area contributed by atoms with Crippen LogP contribution in [0.3, 0.4) is 0 Å². The fourth-order valence-corrected chi connectivity index (χ4v) is 1.77. The van der Waals surface area contributed by atoms with Crippen molar-refractivity contribution in [2.45, 2.75) is 6.92 Å². The Bertz CT molecular complexity index is 448. The lowest BCUT2D eigenvalue weighted by Gasteiger charge is -2.45. The third-order valence-corrected chi connectivity index (χ3v) is 2.77. The van der Waals surface area contributed by atoms with Gasteiger partial charge < -0.3 is 10.0 Å². The van der Waals surface area contributed by atoms with Crippen molar-refractivity contribution >= 4 is 23.4 Å². The number of aliphatic carboxylic acids is 1. The van der Waals surface area contributed by atoms with Gasteiger partial charge in [0.05, 0.1) is 11.6 Å². The van der Waals surface area contributed by atoms with Gasteiger partial charge in [0.1, 0.15) is 0 Å². The van der Waals surface area contributed by atoms with E-state index < -0.39 is 17.2 Å². The molecule has 1 N–H and O–H groups in total. The highest BCUT2D eigenvalue weighted by molar-refractivity contribution is 6.28. The van der Waals surface area contributed by atoms with Gasteiger partial charge >= 0.3 is 5.97 Å². The molecule has 0 atom stereocenters. The van der Waals surface area contributed by atoms with Gasteiger partial charge in [-0.15, -0.1) is 0 Å². The van der Waals surface area contributed by atoms with Gasteiger partial charge in [0.25, 0.3) is 0 Å². The molecule has 16 heavy (non-hydrogen) atoms. The van der Waals surface area contributed by atoms with Crippen LogP contribution < -0.4 is 4.90 Å². The minimum absolute atomic E-state index is 0.0544. The van der Waals surface area contributed by atoms with E-state index in [1.54, 1.807) is 6.92 Å². The maximum absolute atomic E-state index is 13.3. The third-order valence-electron chi connectivity index (χ3n) is 2.59. The molecule has 0 bridgehead atoms. The molecule has 2 rings (SSSR count). The molecule has 1 saturated heterocycles. The first-order chi connectivity index (χ1) is 7.42. The number of carboxylic acids is 1. The fraction of sp³-hybridized carbons (Fsp3) is 0.444. The molecule has 0 spiro atoms. The predicted octanol–water partition coefficient (Wildman–Crippen LogP) is 1.18. The van der Waals surface area contributed by atoms with Crippen molar-refractivity contribution in [3.8, 4) is 0 Å².